The summed E-state index contributed by atoms with van der Waals surface area (Å²) in [5, 5.41) is 5.72. The zero-order valence-corrected chi connectivity index (χ0v) is 11.2. The standard InChI is InChI=1S/C14H19FN2O2/c1-9(10-3-5-11(15)6-4-10)16-14(18)17-12-7-13(8-12)19-2/h3-6,9,12-13H,7-8H2,1-2H3,(H2,16,17,18)/t9-,12?,13?/m1/s1. The summed E-state index contributed by atoms with van der Waals surface area (Å²) in [5.41, 5.74) is 0.875. The number of hydrogen-bond donors (Lipinski definition) is 2. The van der Waals surface area contributed by atoms with E-state index in [4.69, 9.17) is 4.74 Å². The summed E-state index contributed by atoms with van der Waals surface area (Å²) in [6, 6.07) is 5.96. The van der Waals surface area contributed by atoms with E-state index >= 15 is 0 Å². The Labute approximate surface area is 112 Å². The largest absolute Gasteiger partial charge is 0.381 e. The van der Waals surface area contributed by atoms with Crippen molar-refractivity contribution >= 4 is 6.03 Å². The average molecular weight is 266 g/mol. The van der Waals surface area contributed by atoms with Crippen LogP contribution in [-0.4, -0.2) is 25.3 Å². The topological polar surface area (TPSA) is 50.4 Å². The molecule has 1 aromatic carbocycles. The molecule has 1 aliphatic carbocycles. The Hall–Kier alpha value is -1.62. The van der Waals surface area contributed by atoms with Gasteiger partial charge in [-0.2, -0.15) is 0 Å². The van der Waals surface area contributed by atoms with Crippen LogP contribution >= 0.6 is 0 Å². The van der Waals surface area contributed by atoms with Gasteiger partial charge in [0.2, 0.25) is 0 Å². The van der Waals surface area contributed by atoms with Gasteiger partial charge in [0.25, 0.3) is 0 Å². The van der Waals surface area contributed by atoms with Crippen molar-refractivity contribution in [2.45, 2.75) is 38.0 Å². The highest BCUT2D eigenvalue weighted by molar-refractivity contribution is 5.74. The molecule has 0 spiro atoms. The Morgan fingerprint density at radius 1 is 1.37 bits per heavy atom. The molecule has 4 nitrogen and oxygen atoms in total. The maximum Gasteiger partial charge on any atom is 0.315 e. The lowest BCUT2D eigenvalue weighted by Gasteiger charge is -2.34. The molecule has 5 heteroatoms. The van der Waals surface area contributed by atoms with Crippen LogP contribution in [0.2, 0.25) is 0 Å². The van der Waals surface area contributed by atoms with Crippen molar-refractivity contribution in [2.24, 2.45) is 0 Å². The lowest BCUT2D eigenvalue weighted by Crippen LogP contribution is -2.51. The SMILES string of the molecule is COC1CC(NC(=O)N[C@H](C)c2ccc(F)cc2)C1. The predicted octanol–water partition coefficient (Wildman–Crippen LogP) is 2.36. The number of carbonyl (C=O) groups is 1. The van der Waals surface area contributed by atoms with Crippen molar-refractivity contribution in [1.29, 1.82) is 0 Å². The van der Waals surface area contributed by atoms with Crippen LogP contribution in [-0.2, 0) is 4.74 Å². The third-order valence-corrected chi connectivity index (χ3v) is 3.48. The van der Waals surface area contributed by atoms with Gasteiger partial charge >= 0.3 is 6.03 Å². The summed E-state index contributed by atoms with van der Waals surface area (Å²) in [5.74, 6) is -0.277. The molecular weight excluding hydrogens is 247 g/mol. The van der Waals surface area contributed by atoms with Crippen LogP contribution in [0, 0.1) is 5.82 Å². The Kier molecular flexibility index (Phi) is 4.37. The molecule has 1 aliphatic rings. The Bertz CT molecular complexity index is 430. The maximum atomic E-state index is 12.8. The van der Waals surface area contributed by atoms with E-state index in [2.05, 4.69) is 10.6 Å². The van der Waals surface area contributed by atoms with Crippen molar-refractivity contribution in [3.8, 4) is 0 Å². The molecule has 1 aromatic rings. The summed E-state index contributed by atoms with van der Waals surface area (Å²) >= 11 is 0. The second-order valence-corrected chi connectivity index (χ2v) is 4.92. The van der Waals surface area contributed by atoms with Gasteiger partial charge in [0.05, 0.1) is 12.1 Å². The number of urea groups is 1. The molecule has 19 heavy (non-hydrogen) atoms. The summed E-state index contributed by atoms with van der Waals surface area (Å²) in [6.45, 7) is 1.87. The summed E-state index contributed by atoms with van der Waals surface area (Å²) in [7, 11) is 1.68. The van der Waals surface area contributed by atoms with Crippen LogP contribution in [0.5, 0.6) is 0 Å². The number of carbonyl (C=O) groups excluding carboxylic acids is 1. The third kappa shape index (κ3) is 3.67. The molecule has 0 bridgehead atoms. The summed E-state index contributed by atoms with van der Waals surface area (Å²) in [6.07, 6.45) is 1.98. The highest BCUT2D eigenvalue weighted by Gasteiger charge is 2.30. The van der Waals surface area contributed by atoms with E-state index in [1.807, 2.05) is 6.92 Å². The zero-order chi connectivity index (χ0) is 13.8. The number of amides is 2. The number of nitrogens with one attached hydrogen (secondary N) is 2. The van der Waals surface area contributed by atoms with Crippen molar-refractivity contribution in [1.82, 2.24) is 10.6 Å². The molecule has 1 fully saturated rings. The molecule has 2 amide bonds. The number of benzene rings is 1. The summed E-state index contributed by atoms with van der Waals surface area (Å²) in [4.78, 5) is 11.8. The van der Waals surface area contributed by atoms with Gasteiger partial charge in [-0.3, -0.25) is 0 Å². The molecule has 1 atom stereocenters. The molecule has 0 radical (unpaired) electrons. The van der Waals surface area contributed by atoms with Crippen molar-refractivity contribution in [2.75, 3.05) is 7.11 Å². The Balaban J connectivity index is 1.77. The first kappa shape index (κ1) is 13.8. The fourth-order valence-corrected chi connectivity index (χ4v) is 2.13. The predicted molar refractivity (Wildman–Crippen MR) is 70.3 cm³/mol. The molecule has 0 saturated heterocycles. The van der Waals surface area contributed by atoms with Crippen LogP contribution in [0.1, 0.15) is 31.4 Å². The smallest absolute Gasteiger partial charge is 0.315 e. The lowest BCUT2D eigenvalue weighted by molar-refractivity contribution is 0.0205. The van der Waals surface area contributed by atoms with Gasteiger partial charge in [-0.15, -0.1) is 0 Å². The van der Waals surface area contributed by atoms with Crippen molar-refractivity contribution < 1.29 is 13.9 Å². The average Bonchev–Trinajstić information content (AvgIpc) is 2.33. The maximum absolute atomic E-state index is 12.8. The fraction of sp³-hybridized carbons (Fsp3) is 0.500. The molecular formula is C14H19FN2O2. The quantitative estimate of drug-likeness (QED) is 0.879. The first-order valence-corrected chi connectivity index (χ1v) is 6.43. The molecule has 1 saturated carbocycles. The van der Waals surface area contributed by atoms with Gasteiger partial charge in [0.15, 0.2) is 0 Å². The highest BCUT2D eigenvalue weighted by Crippen LogP contribution is 2.22. The number of hydrogen-bond acceptors (Lipinski definition) is 2. The van der Waals surface area contributed by atoms with E-state index in [0.717, 1.165) is 18.4 Å². The van der Waals surface area contributed by atoms with Gasteiger partial charge in [-0.1, -0.05) is 12.1 Å². The number of halogens is 1. The van der Waals surface area contributed by atoms with E-state index in [0.29, 0.717) is 0 Å². The normalized spacial score (nSPS) is 23.3. The van der Waals surface area contributed by atoms with E-state index in [1.165, 1.54) is 12.1 Å². The van der Waals surface area contributed by atoms with Crippen LogP contribution < -0.4 is 10.6 Å². The van der Waals surface area contributed by atoms with Crippen molar-refractivity contribution in [3.05, 3.63) is 35.6 Å². The third-order valence-electron chi connectivity index (χ3n) is 3.48. The van der Waals surface area contributed by atoms with Gasteiger partial charge in [-0.25, -0.2) is 9.18 Å². The molecule has 2 N–H and O–H groups in total. The monoisotopic (exact) mass is 266 g/mol. The summed E-state index contributed by atoms with van der Waals surface area (Å²) < 4.78 is 17.9. The van der Waals surface area contributed by atoms with E-state index in [1.54, 1.807) is 19.2 Å². The van der Waals surface area contributed by atoms with Crippen LogP contribution in [0.3, 0.4) is 0 Å². The first-order valence-electron chi connectivity index (χ1n) is 6.43. The van der Waals surface area contributed by atoms with Crippen LogP contribution in [0.15, 0.2) is 24.3 Å². The minimum Gasteiger partial charge on any atom is -0.381 e. The van der Waals surface area contributed by atoms with Gasteiger partial charge in [0, 0.05) is 13.2 Å². The molecule has 0 unspecified atom stereocenters. The molecule has 0 aliphatic heterocycles. The first-order chi connectivity index (χ1) is 9.08. The van der Waals surface area contributed by atoms with Crippen LogP contribution in [0.25, 0.3) is 0 Å². The highest BCUT2D eigenvalue weighted by atomic mass is 19.1. The molecule has 0 heterocycles. The van der Waals surface area contributed by atoms with E-state index in [9.17, 15) is 9.18 Å². The fourth-order valence-electron chi connectivity index (χ4n) is 2.13. The van der Waals surface area contributed by atoms with Gasteiger partial charge in [-0.05, 0) is 37.5 Å². The second-order valence-electron chi connectivity index (χ2n) is 4.92. The minimum absolute atomic E-state index is 0.154. The Morgan fingerprint density at radius 2 is 2.00 bits per heavy atom. The molecule has 104 valence electrons. The number of ether oxygens (including phenoxy) is 1. The minimum atomic E-state index is -0.277. The second kappa shape index (κ2) is 6.02. The van der Waals surface area contributed by atoms with Crippen LogP contribution in [0.4, 0.5) is 9.18 Å². The molecule has 0 aromatic heterocycles. The van der Waals surface area contributed by atoms with E-state index in [-0.39, 0.29) is 30.0 Å². The lowest BCUT2D eigenvalue weighted by atomic mass is 9.89. The number of methoxy groups -OCH3 is 1. The van der Waals surface area contributed by atoms with E-state index < -0.39 is 0 Å². The Morgan fingerprint density at radius 3 is 2.58 bits per heavy atom. The zero-order valence-electron chi connectivity index (χ0n) is 11.2. The molecule has 2 rings (SSSR count). The number of rotatable bonds is 4. The van der Waals surface area contributed by atoms with Gasteiger partial charge < -0.3 is 15.4 Å². The van der Waals surface area contributed by atoms with Gasteiger partial charge in [0.1, 0.15) is 5.82 Å². The van der Waals surface area contributed by atoms with Crippen molar-refractivity contribution in [3.63, 3.8) is 0 Å².